The molecule has 1 saturated heterocycles. The third-order valence-electron chi connectivity index (χ3n) is 6.02. The van der Waals surface area contributed by atoms with E-state index < -0.39 is 14.6 Å². The molecule has 0 spiro atoms. The van der Waals surface area contributed by atoms with Crippen molar-refractivity contribution in [3.05, 3.63) is 48.3 Å². The second-order valence-electron chi connectivity index (χ2n) is 8.89. The molecule has 30 heavy (non-hydrogen) atoms. The van der Waals surface area contributed by atoms with E-state index in [1.165, 1.54) is 10.9 Å². The summed E-state index contributed by atoms with van der Waals surface area (Å²) < 4.78 is 29.7. The number of pyridine rings is 1. The van der Waals surface area contributed by atoms with Crippen LogP contribution in [0.3, 0.4) is 0 Å². The molecule has 1 aromatic carbocycles. The van der Waals surface area contributed by atoms with Gasteiger partial charge in [-0.25, -0.2) is 13.4 Å². The molecule has 3 aromatic rings. The predicted octanol–water partition coefficient (Wildman–Crippen LogP) is 4.53. The molecule has 0 amide bonds. The van der Waals surface area contributed by atoms with Crippen molar-refractivity contribution in [2.24, 2.45) is 0 Å². The Morgan fingerprint density at radius 1 is 1.13 bits per heavy atom. The standard InChI is InChI=1S/C23H29N3O3S/c1-23(2,3)30(27,28)22-8-5-17(14-25-22)26-11-9-16(10-12-26)20-15-24-21-7-6-18(29-4)13-19(20)21/h5-8,13-16,24H,9-12H2,1-4H3. The van der Waals surface area contributed by atoms with Crippen LogP contribution in [0, 0.1) is 0 Å². The number of hydrogen-bond donors (Lipinski definition) is 1. The number of sulfone groups is 1. The van der Waals surface area contributed by atoms with Crippen molar-refractivity contribution in [1.29, 1.82) is 0 Å². The van der Waals surface area contributed by atoms with Crippen molar-refractivity contribution in [3.63, 3.8) is 0 Å². The third kappa shape index (κ3) is 3.67. The smallest absolute Gasteiger partial charge is 0.200 e. The number of nitrogens with zero attached hydrogens (tertiary/aromatic N) is 2. The number of nitrogens with one attached hydrogen (secondary N) is 1. The highest BCUT2D eigenvalue weighted by molar-refractivity contribution is 7.92. The summed E-state index contributed by atoms with van der Waals surface area (Å²) in [5, 5.41) is 1.37. The zero-order valence-electron chi connectivity index (χ0n) is 18.0. The molecule has 2 aromatic heterocycles. The zero-order valence-corrected chi connectivity index (χ0v) is 18.8. The molecule has 0 aliphatic carbocycles. The minimum absolute atomic E-state index is 0.140. The summed E-state index contributed by atoms with van der Waals surface area (Å²) in [6.45, 7) is 6.91. The fourth-order valence-corrected chi connectivity index (χ4v) is 5.13. The molecule has 0 saturated carbocycles. The van der Waals surface area contributed by atoms with E-state index in [9.17, 15) is 8.42 Å². The largest absolute Gasteiger partial charge is 0.497 e. The molecule has 3 heterocycles. The molecular formula is C23H29N3O3S. The molecule has 0 bridgehead atoms. The van der Waals surface area contributed by atoms with Gasteiger partial charge in [0.1, 0.15) is 5.75 Å². The van der Waals surface area contributed by atoms with Gasteiger partial charge in [-0.2, -0.15) is 0 Å². The van der Waals surface area contributed by atoms with Crippen molar-refractivity contribution < 1.29 is 13.2 Å². The van der Waals surface area contributed by atoms with E-state index in [4.69, 9.17) is 4.74 Å². The van der Waals surface area contributed by atoms with Crippen molar-refractivity contribution >= 4 is 26.4 Å². The van der Waals surface area contributed by atoms with E-state index in [0.29, 0.717) is 5.92 Å². The zero-order chi connectivity index (χ0) is 21.5. The molecule has 1 fully saturated rings. The number of methoxy groups -OCH3 is 1. The molecule has 1 aliphatic heterocycles. The Labute approximate surface area is 178 Å². The number of piperidine rings is 1. The van der Waals surface area contributed by atoms with Crippen molar-refractivity contribution in [1.82, 2.24) is 9.97 Å². The Morgan fingerprint density at radius 2 is 1.87 bits per heavy atom. The van der Waals surface area contributed by atoms with Gasteiger partial charge in [0.25, 0.3) is 0 Å². The number of benzene rings is 1. The van der Waals surface area contributed by atoms with Gasteiger partial charge in [-0.3, -0.25) is 0 Å². The van der Waals surface area contributed by atoms with Crippen LogP contribution >= 0.6 is 0 Å². The van der Waals surface area contributed by atoms with Crippen LogP contribution in [-0.4, -0.2) is 43.3 Å². The molecule has 6 nitrogen and oxygen atoms in total. The number of H-pyrrole nitrogens is 1. The minimum Gasteiger partial charge on any atom is -0.497 e. The number of aromatic nitrogens is 2. The van der Waals surface area contributed by atoms with Gasteiger partial charge in [-0.1, -0.05) is 0 Å². The predicted molar refractivity (Wildman–Crippen MR) is 120 cm³/mol. The monoisotopic (exact) mass is 427 g/mol. The van der Waals surface area contributed by atoms with Gasteiger partial charge in [0.2, 0.25) is 0 Å². The van der Waals surface area contributed by atoms with Gasteiger partial charge in [0, 0.05) is 30.2 Å². The highest BCUT2D eigenvalue weighted by Crippen LogP contribution is 2.36. The third-order valence-corrected chi connectivity index (χ3v) is 8.43. The lowest BCUT2D eigenvalue weighted by molar-refractivity contribution is 0.415. The highest BCUT2D eigenvalue weighted by Gasteiger charge is 2.32. The van der Waals surface area contributed by atoms with Gasteiger partial charge in [0.15, 0.2) is 14.9 Å². The summed E-state index contributed by atoms with van der Waals surface area (Å²) in [5.41, 5.74) is 3.45. The molecular weight excluding hydrogens is 398 g/mol. The van der Waals surface area contributed by atoms with Crippen LogP contribution in [0.15, 0.2) is 47.8 Å². The number of hydrogen-bond acceptors (Lipinski definition) is 5. The van der Waals surface area contributed by atoms with Crippen molar-refractivity contribution in [2.45, 2.75) is 49.3 Å². The van der Waals surface area contributed by atoms with Gasteiger partial charge in [0.05, 0.1) is 23.7 Å². The van der Waals surface area contributed by atoms with Crippen molar-refractivity contribution in [3.8, 4) is 5.75 Å². The van der Waals surface area contributed by atoms with Crippen LogP contribution in [0.4, 0.5) is 5.69 Å². The molecule has 1 N–H and O–H groups in total. The summed E-state index contributed by atoms with van der Waals surface area (Å²) in [5.74, 6) is 1.35. The Kier molecular flexibility index (Phi) is 5.26. The molecule has 4 rings (SSSR count). The Bertz CT molecular complexity index is 1140. The van der Waals surface area contributed by atoms with Crippen LogP contribution in [0.5, 0.6) is 5.75 Å². The van der Waals surface area contributed by atoms with E-state index in [0.717, 1.165) is 42.9 Å². The normalized spacial score (nSPS) is 16.2. The van der Waals surface area contributed by atoms with E-state index in [1.807, 2.05) is 12.1 Å². The second kappa shape index (κ2) is 7.61. The number of rotatable bonds is 4. The van der Waals surface area contributed by atoms with Gasteiger partial charge < -0.3 is 14.6 Å². The molecule has 1 aliphatic rings. The first-order valence-corrected chi connectivity index (χ1v) is 11.8. The summed E-state index contributed by atoms with van der Waals surface area (Å²) >= 11 is 0. The molecule has 0 unspecified atom stereocenters. The Morgan fingerprint density at radius 3 is 2.47 bits per heavy atom. The number of anilines is 1. The first-order chi connectivity index (χ1) is 14.2. The van der Waals surface area contributed by atoms with Crippen LogP contribution in [0.25, 0.3) is 10.9 Å². The Balaban J connectivity index is 1.48. The topological polar surface area (TPSA) is 75.3 Å². The lowest BCUT2D eigenvalue weighted by atomic mass is 9.89. The summed E-state index contributed by atoms with van der Waals surface area (Å²) in [6.07, 6.45) is 5.88. The quantitative estimate of drug-likeness (QED) is 0.662. The molecule has 0 atom stereocenters. The lowest BCUT2D eigenvalue weighted by Crippen LogP contribution is -2.33. The SMILES string of the molecule is COc1ccc2[nH]cc(C3CCN(c4ccc(S(=O)(=O)C(C)(C)C)nc4)CC3)c2c1. The van der Waals surface area contributed by atoms with E-state index in [-0.39, 0.29) is 5.03 Å². The average Bonchev–Trinajstić information content (AvgIpc) is 3.16. The van der Waals surface area contributed by atoms with Crippen molar-refractivity contribution in [2.75, 3.05) is 25.1 Å². The van der Waals surface area contributed by atoms with E-state index in [2.05, 4.69) is 33.2 Å². The summed E-state index contributed by atoms with van der Waals surface area (Å²) in [4.78, 5) is 9.93. The lowest BCUT2D eigenvalue weighted by Gasteiger charge is -2.33. The van der Waals surface area contributed by atoms with Crippen LogP contribution in [0.1, 0.15) is 45.1 Å². The van der Waals surface area contributed by atoms with Gasteiger partial charge >= 0.3 is 0 Å². The van der Waals surface area contributed by atoms with E-state index in [1.54, 1.807) is 40.1 Å². The van der Waals surface area contributed by atoms with Crippen LogP contribution in [0.2, 0.25) is 0 Å². The summed E-state index contributed by atoms with van der Waals surface area (Å²) in [6, 6.07) is 9.65. The molecule has 160 valence electrons. The Hall–Kier alpha value is -2.54. The number of ether oxygens (including phenoxy) is 1. The number of fused-ring (bicyclic) bond motifs is 1. The second-order valence-corrected chi connectivity index (χ2v) is 11.5. The highest BCUT2D eigenvalue weighted by atomic mass is 32.2. The summed E-state index contributed by atoms with van der Waals surface area (Å²) in [7, 11) is -1.74. The first-order valence-electron chi connectivity index (χ1n) is 10.3. The number of aromatic amines is 1. The molecule has 0 radical (unpaired) electrons. The van der Waals surface area contributed by atoms with Crippen LogP contribution < -0.4 is 9.64 Å². The minimum atomic E-state index is -3.43. The maximum absolute atomic E-state index is 12.6. The van der Waals surface area contributed by atoms with Crippen LogP contribution in [-0.2, 0) is 9.84 Å². The molecule has 7 heteroatoms. The van der Waals surface area contributed by atoms with Gasteiger partial charge in [-0.15, -0.1) is 0 Å². The fourth-order valence-electron chi connectivity index (χ4n) is 4.07. The maximum Gasteiger partial charge on any atom is 0.200 e. The van der Waals surface area contributed by atoms with Gasteiger partial charge in [-0.05, 0) is 75.4 Å². The fraction of sp³-hybridized carbons (Fsp3) is 0.435. The average molecular weight is 428 g/mol. The van der Waals surface area contributed by atoms with E-state index >= 15 is 0 Å². The first kappa shape index (κ1) is 20.7. The maximum atomic E-state index is 12.6.